The van der Waals surface area contributed by atoms with Crippen LogP contribution in [-0.4, -0.2) is 37.2 Å². The fourth-order valence-corrected chi connectivity index (χ4v) is 2.35. The molecule has 0 aromatic carbocycles. The van der Waals surface area contributed by atoms with E-state index in [2.05, 4.69) is 10.3 Å². The van der Waals surface area contributed by atoms with Gasteiger partial charge in [-0.25, -0.2) is 9.78 Å². The first-order chi connectivity index (χ1) is 10.3. The topological polar surface area (TPSA) is 69.7 Å². The van der Waals surface area contributed by atoms with E-state index in [0.717, 1.165) is 6.42 Å². The molecule has 1 atom stereocenters. The number of nitrogens with one attached hydrogen (secondary N) is 1. The van der Waals surface area contributed by atoms with Crippen molar-refractivity contribution in [3.05, 3.63) is 17.2 Å². The van der Waals surface area contributed by atoms with Crippen LogP contribution in [0.2, 0.25) is 0 Å². The first kappa shape index (κ1) is 18.6. The van der Waals surface area contributed by atoms with Crippen molar-refractivity contribution in [2.75, 3.05) is 19.5 Å². The number of thiazole rings is 1. The van der Waals surface area contributed by atoms with Crippen molar-refractivity contribution in [1.82, 2.24) is 4.98 Å². The van der Waals surface area contributed by atoms with Gasteiger partial charge in [-0.2, -0.15) is 0 Å². The van der Waals surface area contributed by atoms with E-state index in [-0.39, 0.29) is 5.60 Å². The molecule has 0 aliphatic rings. The molecule has 0 fully saturated rings. The lowest BCUT2D eigenvalue weighted by Gasteiger charge is -2.26. The van der Waals surface area contributed by atoms with Crippen molar-refractivity contribution >= 4 is 28.0 Å². The zero-order valence-corrected chi connectivity index (χ0v) is 14.7. The zero-order chi connectivity index (χ0) is 16.8. The van der Waals surface area contributed by atoms with Gasteiger partial charge in [0.1, 0.15) is 0 Å². The van der Waals surface area contributed by atoms with Crippen LogP contribution >= 0.6 is 11.3 Å². The molecular weight excluding hydrogens is 304 g/mol. The van der Waals surface area contributed by atoms with E-state index in [1.54, 1.807) is 18.6 Å². The summed E-state index contributed by atoms with van der Waals surface area (Å²) in [5, 5.41) is 5.45. The van der Waals surface area contributed by atoms with Crippen LogP contribution in [0, 0.1) is 0 Å². The summed E-state index contributed by atoms with van der Waals surface area (Å²) in [5.41, 5.74) is 0.680. The van der Waals surface area contributed by atoms with Gasteiger partial charge in [0.25, 0.3) is 0 Å². The molecule has 22 heavy (non-hydrogen) atoms. The van der Waals surface area contributed by atoms with Crippen molar-refractivity contribution in [1.29, 1.82) is 0 Å². The lowest BCUT2D eigenvalue weighted by Crippen LogP contribution is -2.34. The van der Waals surface area contributed by atoms with Crippen LogP contribution < -0.4 is 5.32 Å². The van der Waals surface area contributed by atoms with Crippen molar-refractivity contribution < 1.29 is 19.0 Å². The molecule has 0 saturated heterocycles. The zero-order valence-electron chi connectivity index (χ0n) is 13.9. The Hall–Kier alpha value is -1.44. The van der Waals surface area contributed by atoms with Gasteiger partial charge in [-0.15, -0.1) is 11.3 Å². The van der Waals surface area contributed by atoms with Gasteiger partial charge in [-0.3, -0.25) is 0 Å². The van der Waals surface area contributed by atoms with Crippen LogP contribution in [0.15, 0.2) is 11.5 Å². The quantitative estimate of drug-likeness (QED) is 0.471. The number of carbonyl (C=O) groups is 1. The number of anilines is 1. The number of nitrogens with zero attached hydrogens (tertiary/aromatic N) is 1. The minimum absolute atomic E-state index is 0.354. The van der Waals surface area contributed by atoms with Gasteiger partial charge in [0.2, 0.25) is 6.41 Å². The molecule has 0 spiro atoms. The molecule has 0 saturated carbocycles. The van der Waals surface area contributed by atoms with Crippen molar-refractivity contribution in [2.45, 2.75) is 46.1 Å². The highest BCUT2D eigenvalue weighted by molar-refractivity contribution is 7.13. The van der Waals surface area contributed by atoms with Crippen LogP contribution in [0.1, 0.15) is 39.8 Å². The highest BCUT2D eigenvalue weighted by Gasteiger charge is 2.20. The van der Waals surface area contributed by atoms with E-state index in [1.165, 1.54) is 18.4 Å². The monoisotopic (exact) mass is 328 g/mol. The number of ether oxygens (including phenoxy) is 3. The number of methoxy groups -OCH3 is 2. The molecule has 0 radical (unpaired) electrons. The summed E-state index contributed by atoms with van der Waals surface area (Å²) < 4.78 is 15.7. The molecule has 0 aliphatic heterocycles. The van der Waals surface area contributed by atoms with Crippen LogP contribution in [-0.2, 0) is 19.0 Å². The number of rotatable bonds is 7. The maximum Gasteiger partial charge on any atom is 0.339 e. The fraction of sp³-hybridized carbons (Fsp3) is 0.600. The summed E-state index contributed by atoms with van der Waals surface area (Å²) in [7, 11) is 2.91. The SMILES string of the molecule is CC/C=C(\C(=O)OC)c1csc(NC(OC)OC(C)(C)C)n1. The van der Waals surface area contributed by atoms with E-state index in [0.29, 0.717) is 16.4 Å². The fourth-order valence-electron chi connectivity index (χ4n) is 1.63. The number of hydrogen-bond acceptors (Lipinski definition) is 7. The molecule has 0 bridgehead atoms. The van der Waals surface area contributed by atoms with Gasteiger partial charge in [0.15, 0.2) is 5.13 Å². The van der Waals surface area contributed by atoms with Crippen LogP contribution in [0.4, 0.5) is 5.13 Å². The summed E-state index contributed by atoms with van der Waals surface area (Å²) >= 11 is 1.37. The Labute approximate surface area is 135 Å². The third-order valence-corrected chi connectivity index (χ3v) is 3.28. The van der Waals surface area contributed by atoms with Gasteiger partial charge in [-0.1, -0.05) is 13.0 Å². The smallest absolute Gasteiger partial charge is 0.339 e. The molecule has 0 amide bonds. The van der Waals surface area contributed by atoms with Crippen LogP contribution in [0.25, 0.3) is 5.57 Å². The summed E-state index contributed by atoms with van der Waals surface area (Å²) in [6.07, 6.45) is 1.90. The van der Waals surface area contributed by atoms with Crippen molar-refractivity contribution in [2.24, 2.45) is 0 Å². The molecular formula is C15H24N2O4S. The standard InChI is InChI=1S/C15H24N2O4S/c1-7-8-10(12(18)19-5)11-9-22-13(16-11)17-14(20-6)21-15(2,3)4/h8-9,14H,7H2,1-6H3,(H,16,17)/b10-8-. The van der Waals surface area contributed by atoms with Crippen LogP contribution in [0.5, 0.6) is 0 Å². The lowest BCUT2D eigenvalue weighted by atomic mass is 10.2. The Balaban J connectivity index is 2.86. The largest absolute Gasteiger partial charge is 0.465 e. The summed E-state index contributed by atoms with van der Waals surface area (Å²) in [5.74, 6) is -0.395. The summed E-state index contributed by atoms with van der Waals surface area (Å²) in [6, 6.07) is 0. The van der Waals surface area contributed by atoms with Gasteiger partial charge in [0.05, 0.1) is 24.0 Å². The maximum atomic E-state index is 11.8. The van der Waals surface area contributed by atoms with E-state index < -0.39 is 12.4 Å². The number of carbonyl (C=O) groups excluding carboxylic acids is 1. The minimum Gasteiger partial charge on any atom is -0.465 e. The molecule has 0 aliphatic carbocycles. The predicted octanol–water partition coefficient (Wildman–Crippen LogP) is 3.27. The molecule has 1 N–H and O–H groups in total. The Kier molecular flexibility index (Phi) is 6.99. The molecule has 1 aromatic rings. The number of hydrogen-bond donors (Lipinski definition) is 1. The molecule has 1 aromatic heterocycles. The second-order valence-electron chi connectivity index (χ2n) is 5.50. The van der Waals surface area contributed by atoms with Gasteiger partial charge in [-0.05, 0) is 27.2 Å². The van der Waals surface area contributed by atoms with Gasteiger partial charge >= 0.3 is 5.97 Å². The van der Waals surface area contributed by atoms with E-state index in [4.69, 9.17) is 14.2 Å². The van der Waals surface area contributed by atoms with Crippen molar-refractivity contribution in [3.8, 4) is 0 Å². The van der Waals surface area contributed by atoms with Gasteiger partial charge < -0.3 is 19.5 Å². The molecule has 6 nitrogen and oxygen atoms in total. The second-order valence-corrected chi connectivity index (χ2v) is 6.36. The molecule has 1 rings (SSSR count). The summed E-state index contributed by atoms with van der Waals surface area (Å²) in [6.45, 7) is 7.76. The first-order valence-corrected chi connectivity index (χ1v) is 7.90. The van der Waals surface area contributed by atoms with Crippen LogP contribution in [0.3, 0.4) is 0 Å². The minimum atomic E-state index is -0.615. The second kappa shape index (κ2) is 8.26. The number of allylic oxidation sites excluding steroid dienone is 1. The molecule has 1 heterocycles. The average Bonchev–Trinajstić information content (AvgIpc) is 2.89. The number of aromatic nitrogens is 1. The third-order valence-electron chi connectivity index (χ3n) is 2.51. The molecule has 7 heteroatoms. The number of esters is 1. The summed E-state index contributed by atoms with van der Waals surface area (Å²) in [4.78, 5) is 16.2. The third kappa shape index (κ3) is 5.75. The Morgan fingerprint density at radius 3 is 2.64 bits per heavy atom. The van der Waals surface area contributed by atoms with Gasteiger partial charge in [0, 0.05) is 12.5 Å². The highest BCUT2D eigenvalue weighted by atomic mass is 32.1. The van der Waals surface area contributed by atoms with Crippen molar-refractivity contribution in [3.63, 3.8) is 0 Å². The van der Waals surface area contributed by atoms with E-state index in [9.17, 15) is 4.79 Å². The highest BCUT2D eigenvalue weighted by Crippen LogP contribution is 2.24. The molecule has 124 valence electrons. The normalized spacial score (nSPS) is 13.8. The Bertz CT molecular complexity index is 520. The first-order valence-electron chi connectivity index (χ1n) is 7.02. The maximum absolute atomic E-state index is 11.8. The predicted molar refractivity (Wildman–Crippen MR) is 87.7 cm³/mol. The van der Waals surface area contributed by atoms with E-state index in [1.807, 2.05) is 27.7 Å². The Morgan fingerprint density at radius 2 is 2.14 bits per heavy atom. The lowest BCUT2D eigenvalue weighted by molar-refractivity contribution is -0.165. The van der Waals surface area contributed by atoms with E-state index >= 15 is 0 Å². The molecule has 1 unspecified atom stereocenters. The average molecular weight is 328 g/mol. The Morgan fingerprint density at radius 1 is 1.45 bits per heavy atom.